The van der Waals surface area contributed by atoms with Gasteiger partial charge in [-0.1, -0.05) is 11.3 Å². The van der Waals surface area contributed by atoms with Gasteiger partial charge in [0.1, 0.15) is 11.6 Å². The lowest BCUT2D eigenvalue weighted by Crippen LogP contribution is -2.69. The van der Waals surface area contributed by atoms with Gasteiger partial charge in [-0.05, 0) is 25.0 Å². The SMILES string of the molecule is COc1cc(F)ccc1-c1cnc2sc(N3CC4(CCC4N)C3)nn12. The van der Waals surface area contributed by atoms with Crippen LogP contribution in [0, 0.1) is 11.2 Å². The molecule has 3 heterocycles. The first-order valence-corrected chi connectivity index (χ1v) is 9.10. The summed E-state index contributed by atoms with van der Waals surface area (Å²) in [7, 11) is 1.53. The topological polar surface area (TPSA) is 68.7 Å². The van der Waals surface area contributed by atoms with Crippen LogP contribution in [0.3, 0.4) is 0 Å². The lowest BCUT2D eigenvalue weighted by atomic mass is 9.60. The van der Waals surface area contributed by atoms with Crippen molar-refractivity contribution in [3.63, 3.8) is 0 Å². The quantitative estimate of drug-likeness (QED) is 0.778. The van der Waals surface area contributed by atoms with Crippen molar-refractivity contribution in [2.75, 3.05) is 25.1 Å². The predicted molar refractivity (Wildman–Crippen MR) is 94.7 cm³/mol. The van der Waals surface area contributed by atoms with Gasteiger partial charge in [0, 0.05) is 36.2 Å². The average Bonchev–Trinajstić information content (AvgIpc) is 3.13. The van der Waals surface area contributed by atoms with Crippen molar-refractivity contribution in [1.82, 2.24) is 14.6 Å². The Kier molecular flexibility index (Phi) is 3.11. The Balaban J connectivity index is 1.49. The number of anilines is 1. The van der Waals surface area contributed by atoms with E-state index < -0.39 is 0 Å². The highest BCUT2D eigenvalue weighted by Gasteiger charge is 2.53. The number of nitrogens with two attached hydrogens (primary N) is 1. The lowest BCUT2D eigenvalue weighted by molar-refractivity contribution is 0.0562. The molecule has 3 aromatic rings. The molecule has 0 amide bonds. The average molecular weight is 359 g/mol. The molecule has 1 aliphatic heterocycles. The van der Waals surface area contributed by atoms with Crippen molar-refractivity contribution in [3.05, 3.63) is 30.2 Å². The van der Waals surface area contributed by atoms with E-state index in [1.165, 1.54) is 25.7 Å². The Hall–Kier alpha value is -2.19. The Bertz CT molecular complexity index is 961. The number of imidazole rings is 1. The van der Waals surface area contributed by atoms with E-state index in [0.29, 0.717) is 17.2 Å². The van der Waals surface area contributed by atoms with Crippen molar-refractivity contribution in [2.24, 2.45) is 11.1 Å². The minimum absolute atomic E-state index is 0.302. The zero-order valence-corrected chi connectivity index (χ0v) is 14.6. The van der Waals surface area contributed by atoms with Gasteiger partial charge >= 0.3 is 0 Å². The molecule has 6 nitrogen and oxygen atoms in total. The van der Waals surface area contributed by atoms with E-state index in [-0.39, 0.29) is 5.82 Å². The van der Waals surface area contributed by atoms with Crippen molar-refractivity contribution in [1.29, 1.82) is 0 Å². The highest BCUT2D eigenvalue weighted by molar-refractivity contribution is 7.20. The number of hydrogen-bond donors (Lipinski definition) is 1. The first-order chi connectivity index (χ1) is 12.1. The van der Waals surface area contributed by atoms with Crippen LogP contribution < -0.4 is 15.4 Å². The summed E-state index contributed by atoms with van der Waals surface area (Å²) in [5.41, 5.74) is 8.02. The maximum Gasteiger partial charge on any atom is 0.214 e. The number of fused-ring (bicyclic) bond motifs is 1. The minimum Gasteiger partial charge on any atom is -0.496 e. The normalized spacial score (nSPS) is 21.4. The maximum absolute atomic E-state index is 13.5. The van der Waals surface area contributed by atoms with Crippen LogP contribution in [-0.2, 0) is 0 Å². The Morgan fingerprint density at radius 2 is 2.24 bits per heavy atom. The summed E-state index contributed by atoms with van der Waals surface area (Å²) >= 11 is 1.56. The molecule has 2 aliphatic rings. The fourth-order valence-corrected chi connectivity index (χ4v) is 4.71. The van der Waals surface area contributed by atoms with Crippen LogP contribution in [0.4, 0.5) is 9.52 Å². The monoisotopic (exact) mass is 359 g/mol. The van der Waals surface area contributed by atoms with Gasteiger partial charge < -0.3 is 15.4 Å². The molecule has 1 aromatic carbocycles. The largest absolute Gasteiger partial charge is 0.496 e. The zero-order valence-electron chi connectivity index (χ0n) is 13.8. The molecule has 0 radical (unpaired) electrons. The Morgan fingerprint density at radius 1 is 1.40 bits per heavy atom. The summed E-state index contributed by atoms with van der Waals surface area (Å²) in [6, 6.07) is 4.82. The van der Waals surface area contributed by atoms with Crippen molar-refractivity contribution in [3.8, 4) is 17.0 Å². The third-order valence-electron chi connectivity index (χ3n) is 5.54. The van der Waals surface area contributed by atoms with E-state index in [0.717, 1.165) is 40.9 Å². The molecular formula is C17H18FN5OS. The standard InChI is InChI=1S/C17H18FN5OS/c1-24-13-6-10(18)2-3-11(13)12-7-20-15-23(12)21-16(25-15)22-8-17(9-22)5-4-14(17)19/h2-3,6-7,14H,4-5,8-9,19H2,1H3. The molecule has 1 unspecified atom stereocenters. The zero-order chi connectivity index (χ0) is 17.2. The van der Waals surface area contributed by atoms with Gasteiger partial charge in [-0.2, -0.15) is 0 Å². The Morgan fingerprint density at radius 3 is 2.92 bits per heavy atom. The van der Waals surface area contributed by atoms with E-state index in [1.807, 2.05) is 0 Å². The molecule has 1 saturated carbocycles. The van der Waals surface area contributed by atoms with E-state index >= 15 is 0 Å². The van der Waals surface area contributed by atoms with E-state index in [1.54, 1.807) is 28.1 Å². The van der Waals surface area contributed by atoms with Gasteiger partial charge in [0.05, 0.1) is 19.0 Å². The molecule has 1 saturated heterocycles. The van der Waals surface area contributed by atoms with Gasteiger partial charge in [-0.15, -0.1) is 5.10 Å². The molecule has 1 aliphatic carbocycles. The highest BCUT2D eigenvalue weighted by atomic mass is 32.1. The van der Waals surface area contributed by atoms with Crippen molar-refractivity contribution in [2.45, 2.75) is 18.9 Å². The van der Waals surface area contributed by atoms with Gasteiger partial charge in [0.25, 0.3) is 0 Å². The maximum atomic E-state index is 13.5. The molecule has 0 bridgehead atoms. The molecule has 5 rings (SSSR count). The number of nitrogens with zero attached hydrogens (tertiary/aromatic N) is 4. The number of rotatable bonds is 3. The van der Waals surface area contributed by atoms with E-state index in [9.17, 15) is 4.39 Å². The summed E-state index contributed by atoms with van der Waals surface area (Å²) in [6.07, 6.45) is 4.09. The van der Waals surface area contributed by atoms with Crippen LogP contribution in [0.1, 0.15) is 12.8 Å². The van der Waals surface area contributed by atoms with Gasteiger partial charge in [0.2, 0.25) is 10.1 Å². The molecule has 25 heavy (non-hydrogen) atoms. The van der Waals surface area contributed by atoms with Gasteiger partial charge in [-0.3, -0.25) is 0 Å². The van der Waals surface area contributed by atoms with Crippen LogP contribution >= 0.6 is 11.3 Å². The van der Waals surface area contributed by atoms with Crippen LogP contribution in [0.15, 0.2) is 24.4 Å². The molecular weight excluding hydrogens is 341 g/mol. The molecule has 2 aromatic heterocycles. The summed E-state index contributed by atoms with van der Waals surface area (Å²) in [4.78, 5) is 7.54. The van der Waals surface area contributed by atoms with Gasteiger partial charge in [0.15, 0.2) is 0 Å². The number of halogens is 1. The van der Waals surface area contributed by atoms with Gasteiger partial charge in [-0.25, -0.2) is 13.9 Å². The second-order valence-electron chi connectivity index (χ2n) is 6.93. The summed E-state index contributed by atoms with van der Waals surface area (Å²) in [5, 5.41) is 5.68. The lowest BCUT2D eigenvalue weighted by Gasteiger charge is -2.59. The number of benzene rings is 1. The minimum atomic E-state index is -0.331. The van der Waals surface area contributed by atoms with Crippen LogP contribution in [-0.4, -0.2) is 40.8 Å². The number of ether oxygens (including phenoxy) is 1. The molecule has 8 heteroatoms. The molecule has 2 N–H and O–H groups in total. The second kappa shape index (κ2) is 5.15. The number of aromatic nitrogens is 3. The van der Waals surface area contributed by atoms with Crippen molar-refractivity contribution < 1.29 is 9.13 Å². The summed E-state index contributed by atoms with van der Waals surface area (Å²) in [5.74, 6) is 0.141. The smallest absolute Gasteiger partial charge is 0.214 e. The highest BCUT2D eigenvalue weighted by Crippen LogP contribution is 2.49. The predicted octanol–water partition coefficient (Wildman–Crippen LogP) is 2.53. The van der Waals surface area contributed by atoms with E-state index in [4.69, 9.17) is 15.6 Å². The number of hydrogen-bond acceptors (Lipinski definition) is 6. The Labute approximate surface area is 148 Å². The van der Waals surface area contributed by atoms with Crippen LogP contribution in [0.5, 0.6) is 5.75 Å². The fourth-order valence-electron chi connectivity index (χ4n) is 3.83. The molecule has 1 atom stereocenters. The number of methoxy groups -OCH3 is 1. The first-order valence-electron chi connectivity index (χ1n) is 8.29. The molecule has 2 fully saturated rings. The first kappa shape index (κ1) is 15.1. The summed E-state index contributed by atoms with van der Waals surface area (Å²) < 4.78 is 20.6. The van der Waals surface area contributed by atoms with Crippen LogP contribution in [0.25, 0.3) is 16.2 Å². The van der Waals surface area contributed by atoms with E-state index in [2.05, 4.69) is 9.88 Å². The van der Waals surface area contributed by atoms with Crippen molar-refractivity contribution >= 4 is 21.4 Å². The fraction of sp³-hybridized carbons (Fsp3) is 0.412. The third-order valence-corrected chi connectivity index (χ3v) is 6.52. The third kappa shape index (κ3) is 2.10. The second-order valence-corrected chi connectivity index (χ2v) is 7.87. The molecule has 1 spiro atoms. The summed E-state index contributed by atoms with van der Waals surface area (Å²) in [6.45, 7) is 1.94. The molecule has 130 valence electrons. The van der Waals surface area contributed by atoms with Crippen LogP contribution in [0.2, 0.25) is 0 Å².